The molecule has 0 bridgehead atoms. The first-order valence-electron chi connectivity index (χ1n) is 5.80. The van der Waals surface area contributed by atoms with Crippen LogP contribution in [0.5, 0.6) is 11.5 Å². The predicted octanol–water partition coefficient (Wildman–Crippen LogP) is 5.02. The van der Waals surface area contributed by atoms with Gasteiger partial charge in [0.2, 0.25) is 0 Å². The van der Waals surface area contributed by atoms with E-state index in [0.29, 0.717) is 0 Å². The van der Waals surface area contributed by atoms with Crippen molar-refractivity contribution in [2.24, 2.45) is 0 Å². The van der Waals surface area contributed by atoms with Crippen LogP contribution in [0.1, 0.15) is 17.6 Å². The predicted molar refractivity (Wildman–Crippen MR) is 67.3 cm³/mol. The third-order valence-corrected chi connectivity index (χ3v) is 2.66. The Kier molecular flexibility index (Phi) is 4.02. The minimum atomic E-state index is -4.54. The van der Waals surface area contributed by atoms with E-state index in [0.717, 1.165) is 24.3 Å². The van der Waals surface area contributed by atoms with Crippen molar-refractivity contribution in [3.8, 4) is 11.5 Å². The summed E-state index contributed by atoms with van der Waals surface area (Å²) >= 11 is 0. The van der Waals surface area contributed by atoms with Crippen LogP contribution in [0.4, 0.5) is 27.6 Å². The van der Waals surface area contributed by atoms with E-state index in [1.54, 1.807) is 0 Å². The summed E-state index contributed by atoms with van der Waals surface area (Å²) in [4.78, 5) is 0. The second-order valence-corrected chi connectivity index (χ2v) is 4.23. The molecular weight excluding hydrogens is 293 g/mol. The summed E-state index contributed by atoms with van der Waals surface area (Å²) in [6.07, 6.45) is -7.39. The van der Waals surface area contributed by atoms with Gasteiger partial charge in [0.1, 0.15) is 11.5 Å². The summed E-state index contributed by atoms with van der Waals surface area (Å²) in [5.74, 6) is -0.421. The highest BCUT2D eigenvalue weighted by Gasteiger charge is 2.30. The van der Waals surface area contributed by atoms with Crippen LogP contribution in [0.15, 0.2) is 42.5 Å². The van der Waals surface area contributed by atoms with Gasteiger partial charge in [-0.25, -0.2) is 8.78 Å². The number of anilines is 1. The molecule has 0 radical (unpaired) electrons. The van der Waals surface area contributed by atoms with Crippen molar-refractivity contribution < 1.29 is 26.7 Å². The number of alkyl halides is 5. The molecule has 2 rings (SSSR count). The number of nitrogen functional groups attached to an aromatic ring is 1. The maximum atomic E-state index is 12.9. The van der Waals surface area contributed by atoms with Crippen LogP contribution < -0.4 is 10.5 Å². The average Bonchev–Trinajstić information content (AvgIpc) is 2.40. The standard InChI is InChI=1S/C14H10F5NO/c15-13(16)11-7-9(20)4-5-12(11)21-10-3-1-2-8(6-10)14(17,18)19/h1-7,13H,20H2. The second kappa shape index (κ2) is 5.59. The van der Waals surface area contributed by atoms with E-state index in [1.165, 1.54) is 18.2 Å². The van der Waals surface area contributed by atoms with E-state index in [2.05, 4.69) is 0 Å². The molecule has 0 fully saturated rings. The molecule has 0 spiro atoms. The zero-order valence-corrected chi connectivity index (χ0v) is 10.5. The number of ether oxygens (including phenoxy) is 1. The lowest BCUT2D eigenvalue weighted by Gasteiger charge is -2.13. The maximum Gasteiger partial charge on any atom is 0.416 e. The number of benzene rings is 2. The molecule has 7 heteroatoms. The molecule has 0 heterocycles. The van der Waals surface area contributed by atoms with Gasteiger partial charge in [-0.3, -0.25) is 0 Å². The van der Waals surface area contributed by atoms with E-state index in [-0.39, 0.29) is 17.2 Å². The molecule has 0 aromatic heterocycles. The van der Waals surface area contributed by atoms with Crippen molar-refractivity contribution in [3.63, 3.8) is 0 Å². The molecule has 2 aromatic carbocycles. The van der Waals surface area contributed by atoms with Crippen LogP contribution >= 0.6 is 0 Å². The van der Waals surface area contributed by atoms with Crippen molar-refractivity contribution in [2.45, 2.75) is 12.6 Å². The smallest absolute Gasteiger partial charge is 0.416 e. The van der Waals surface area contributed by atoms with E-state index < -0.39 is 23.7 Å². The molecule has 0 atom stereocenters. The molecule has 0 aliphatic rings. The summed E-state index contributed by atoms with van der Waals surface area (Å²) < 4.78 is 68.6. The zero-order chi connectivity index (χ0) is 15.6. The van der Waals surface area contributed by atoms with Crippen molar-refractivity contribution in [1.82, 2.24) is 0 Å². The molecule has 2 N–H and O–H groups in total. The van der Waals surface area contributed by atoms with Gasteiger partial charge in [0.05, 0.1) is 11.1 Å². The first-order valence-corrected chi connectivity index (χ1v) is 5.80. The molecule has 0 aliphatic heterocycles. The molecule has 0 amide bonds. The molecule has 21 heavy (non-hydrogen) atoms. The SMILES string of the molecule is Nc1ccc(Oc2cccc(C(F)(F)F)c2)c(C(F)F)c1. The van der Waals surface area contributed by atoms with Gasteiger partial charge in [0, 0.05) is 5.69 Å². The van der Waals surface area contributed by atoms with Crippen LogP contribution in [-0.2, 0) is 6.18 Å². The van der Waals surface area contributed by atoms with E-state index in [4.69, 9.17) is 10.5 Å². The number of nitrogens with two attached hydrogens (primary N) is 1. The van der Waals surface area contributed by atoms with Gasteiger partial charge in [-0.2, -0.15) is 13.2 Å². The first kappa shape index (κ1) is 15.1. The van der Waals surface area contributed by atoms with Gasteiger partial charge in [0.25, 0.3) is 6.43 Å². The highest BCUT2D eigenvalue weighted by molar-refractivity contribution is 5.49. The third-order valence-electron chi connectivity index (χ3n) is 2.66. The Balaban J connectivity index is 2.35. The maximum absolute atomic E-state index is 12.9. The van der Waals surface area contributed by atoms with Gasteiger partial charge < -0.3 is 10.5 Å². The first-order chi connectivity index (χ1) is 9.77. The highest BCUT2D eigenvalue weighted by atomic mass is 19.4. The molecule has 0 aliphatic carbocycles. The fourth-order valence-electron chi connectivity index (χ4n) is 1.69. The largest absolute Gasteiger partial charge is 0.457 e. The summed E-state index contributed by atoms with van der Waals surface area (Å²) in [7, 11) is 0. The minimum absolute atomic E-state index is 0.113. The Hall–Kier alpha value is -2.31. The van der Waals surface area contributed by atoms with Crippen LogP contribution in [0.25, 0.3) is 0 Å². The normalized spacial score (nSPS) is 11.7. The van der Waals surface area contributed by atoms with Crippen LogP contribution in [0, 0.1) is 0 Å². The highest BCUT2D eigenvalue weighted by Crippen LogP contribution is 2.36. The van der Waals surface area contributed by atoms with Crippen molar-refractivity contribution in [2.75, 3.05) is 5.73 Å². The van der Waals surface area contributed by atoms with Crippen LogP contribution in [0.2, 0.25) is 0 Å². The quantitative estimate of drug-likeness (QED) is 0.638. The molecule has 0 saturated heterocycles. The fourth-order valence-corrected chi connectivity index (χ4v) is 1.69. The Morgan fingerprint density at radius 1 is 1.00 bits per heavy atom. The Labute approximate surface area is 116 Å². The summed E-state index contributed by atoms with van der Waals surface area (Å²) in [6.45, 7) is 0. The van der Waals surface area contributed by atoms with Crippen molar-refractivity contribution in [3.05, 3.63) is 53.6 Å². The van der Waals surface area contributed by atoms with Gasteiger partial charge >= 0.3 is 6.18 Å². The van der Waals surface area contributed by atoms with Gasteiger partial charge in [-0.15, -0.1) is 0 Å². The number of rotatable bonds is 3. The van der Waals surface area contributed by atoms with Gasteiger partial charge in [-0.1, -0.05) is 6.07 Å². The van der Waals surface area contributed by atoms with Crippen LogP contribution in [-0.4, -0.2) is 0 Å². The lowest BCUT2D eigenvalue weighted by Crippen LogP contribution is -2.04. The number of hydrogen-bond acceptors (Lipinski definition) is 2. The Morgan fingerprint density at radius 2 is 1.71 bits per heavy atom. The van der Waals surface area contributed by atoms with Crippen molar-refractivity contribution >= 4 is 5.69 Å². The summed E-state index contributed by atoms with van der Waals surface area (Å²) in [5.41, 5.74) is 4.11. The third kappa shape index (κ3) is 3.62. The average molecular weight is 303 g/mol. The monoisotopic (exact) mass is 303 g/mol. The van der Waals surface area contributed by atoms with Gasteiger partial charge in [0.15, 0.2) is 0 Å². The molecule has 0 unspecified atom stereocenters. The van der Waals surface area contributed by atoms with E-state index in [1.807, 2.05) is 0 Å². The lowest BCUT2D eigenvalue weighted by molar-refractivity contribution is -0.137. The second-order valence-electron chi connectivity index (χ2n) is 4.23. The lowest BCUT2D eigenvalue weighted by atomic mass is 10.1. The summed E-state index contributed by atoms with van der Waals surface area (Å²) in [5, 5.41) is 0. The Morgan fingerprint density at radius 3 is 2.33 bits per heavy atom. The molecular formula is C14H10F5NO. The fraction of sp³-hybridized carbons (Fsp3) is 0.143. The molecule has 0 saturated carbocycles. The number of hydrogen-bond donors (Lipinski definition) is 1. The Bertz CT molecular complexity index is 640. The van der Waals surface area contributed by atoms with Crippen molar-refractivity contribution in [1.29, 1.82) is 0 Å². The van der Waals surface area contributed by atoms with Gasteiger partial charge in [-0.05, 0) is 36.4 Å². The molecule has 112 valence electrons. The topological polar surface area (TPSA) is 35.2 Å². The summed E-state index contributed by atoms with van der Waals surface area (Å²) in [6, 6.07) is 7.54. The van der Waals surface area contributed by atoms with Crippen LogP contribution in [0.3, 0.4) is 0 Å². The zero-order valence-electron chi connectivity index (χ0n) is 10.5. The molecule has 2 aromatic rings. The number of halogens is 5. The van der Waals surface area contributed by atoms with E-state index >= 15 is 0 Å². The molecule has 2 nitrogen and oxygen atoms in total. The minimum Gasteiger partial charge on any atom is -0.457 e. The van der Waals surface area contributed by atoms with E-state index in [9.17, 15) is 22.0 Å².